The maximum absolute atomic E-state index is 12.1. The fourth-order valence-electron chi connectivity index (χ4n) is 2.41. The Morgan fingerprint density at radius 1 is 1.00 bits per heavy atom. The van der Waals surface area contributed by atoms with Crippen molar-refractivity contribution in [3.8, 4) is 0 Å². The summed E-state index contributed by atoms with van der Waals surface area (Å²) in [5.41, 5.74) is 1.58. The fraction of sp³-hybridized carbons (Fsp3) is 0.261. The molecule has 0 heterocycles. The Kier molecular flexibility index (Phi) is 7.74. The number of rotatable bonds is 7. The van der Waals surface area contributed by atoms with E-state index in [9.17, 15) is 14.4 Å². The van der Waals surface area contributed by atoms with Gasteiger partial charge in [0, 0.05) is 16.7 Å². The molecule has 0 aliphatic rings. The summed E-state index contributed by atoms with van der Waals surface area (Å²) in [6.45, 7) is 5.35. The largest absolute Gasteiger partial charge is 0.457 e. The standard InChI is InChI=1S/C23H24ClNO4/c1-23(2,3)29-22(28)13-8-16-4-6-17(7-5-16)14-21(27)25-15-20(26)18-9-11-19(24)12-10-18/h4-13H,14-15H2,1-3H3,(H,25,27). The summed E-state index contributed by atoms with van der Waals surface area (Å²) >= 11 is 5.80. The van der Waals surface area contributed by atoms with Gasteiger partial charge in [0.1, 0.15) is 5.60 Å². The summed E-state index contributed by atoms with van der Waals surface area (Å²) in [6, 6.07) is 13.7. The van der Waals surface area contributed by atoms with Gasteiger partial charge < -0.3 is 10.1 Å². The van der Waals surface area contributed by atoms with E-state index in [-0.39, 0.29) is 24.7 Å². The third-order valence-corrected chi connectivity index (χ3v) is 4.03. The van der Waals surface area contributed by atoms with Crippen LogP contribution in [0.2, 0.25) is 5.02 Å². The number of amides is 1. The summed E-state index contributed by atoms with van der Waals surface area (Å²) in [4.78, 5) is 35.8. The monoisotopic (exact) mass is 413 g/mol. The number of ketones is 1. The Morgan fingerprint density at radius 3 is 2.21 bits per heavy atom. The van der Waals surface area contributed by atoms with E-state index in [0.717, 1.165) is 11.1 Å². The second kappa shape index (κ2) is 10.0. The summed E-state index contributed by atoms with van der Waals surface area (Å²) in [7, 11) is 0. The molecule has 29 heavy (non-hydrogen) atoms. The number of carbonyl (C=O) groups excluding carboxylic acids is 3. The molecule has 6 heteroatoms. The third-order valence-electron chi connectivity index (χ3n) is 3.78. The highest BCUT2D eigenvalue weighted by Crippen LogP contribution is 2.11. The number of ether oxygens (including phenoxy) is 1. The lowest BCUT2D eigenvalue weighted by Gasteiger charge is -2.17. The van der Waals surface area contributed by atoms with Crippen LogP contribution in [0.15, 0.2) is 54.6 Å². The molecule has 5 nitrogen and oxygen atoms in total. The molecule has 0 aromatic heterocycles. The van der Waals surface area contributed by atoms with Gasteiger partial charge in [0.25, 0.3) is 0 Å². The molecule has 1 N–H and O–H groups in total. The van der Waals surface area contributed by atoms with E-state index in [2.05, 4.69) is 5.32 Å². The van der Waals surface area contributed by atoms with Crippen LogP contribution in [0.1, 0.15) is 42.3 Å². The molecule has 0 saturated carbocycles. The molecular formula is C23H24ClNO4. The topological polar surface area (TPSA) is 72.5 Å². The van der Waals surface area contributed by atoms with E-state index in [4.69, 9.17) is 16.3 Å². The summed E-state index contributed by atoms with van der Waals surface area (Å²) < 4.78 is 5.21. The third kappa shape index (κ3) is 8.32. The Bertz CT molecular complexity index is 894. The van der Waals surface area contributed by atoms with E-state index >= 15 is 0 Å². The number of benzene rings is 2. The second-order valence-electron chi connectivity index (χ2n) is 7.49. The molecule has 0 atom stereocenters. The Hall–Kier alpha value is -2.92. The van der Waals surface area contributed by atoms with Crippen molar-refractivity contribution in [2.45, 2.75) is 32.8 Å². The van der Waals surface area contributed by atoms with Crippen LogP contribution < -0.4 is 5.32 Å². The molecular weight excluding hydrogens is 390 g/mol. The van der Waals surface area contributed by atoms with Crippen molar-refractivity contribution in [3.63, 3.8) is 0 Å². The minimum atomic E-state index is -0.534. The van der Waals surface area contributed by atoms with Gasteiger partial charge in [0.2, 0.25) is 5.91 Å². The number of hydrogen-bond donors (Lipinski definition) is 1. The van der Waals surface area contributed by atoms with Crippen molar-refractivity contribution in [2.75, 3.05) is 6.54 Å². The van der Waals surface area contributed by atoms with Crippen LogP contribution in [0.4, 0.5) is 0 Å². The first-order chi connectivity index (χ1) is 13.6. The quantitative estimate of drug-likeness (QED) is 0.418. The lowest BCUT2D eigenvalue weighted by Crippen LogP contribution is -2.30. The summed E-state index contributed by atoms with van der Waals surface area (Å²) in [5.74, 6) is -0.840. The van der Waals surface area contributed by atoms with Crippen molar-refractivity contribution in [2.24, 2.45) is 0 Å². The Labute approximate surface area is 175 Å². The highest BCUT2D eigenvalue weighted by molar-refractivity contribution is 6.30. The molecule has 0 bridgehead atoms. The summed E-state index contributed by atoms with van der Waals surface area (Å²) in [5, 5.41) is 3.17. The van der Waals surface area contributed by atoms with Crippen LogP contribution >= 0.6 is 11.6 Å². The van der Waals surface area contributed by atoms with E-state index < -0.39 is 11.6 Å². The Morgan fingerprint density at radius 2 is 1.62 bits per heavy atom. The lowest BCUT2D eigenvalue weighted by atomic mass is 10.1. The minimum Gasteiger partial charge on any atom is -0.457 e. The van der Waals surface area contributed by atoms with Gasteiger partial charge >= 0.3 is 5.97 Å². The van der Waals surface area contributed by atoms with Crippen molar-refractivity contribution in [1.29, 1.82) is 0 Å². The van der Waals surface area contributed by atoms with Crippen LogP contribution in [0.5, 0.6) is 0 Å². The molecule has 2 aromatic rings. The van der Waals surface area contributed by atoms with Gasteiger partial charge in [-0.2, -0.15) is 0 Å². The van der Waals surface area contributed by atoms with Gasteiger partial charge in [-0.25, -0.2) is 4.79 Å². The maximum atomic E-state index is 12.1. The van der Waals surface area contributed by atoms with E-state index in [1.807, 2.05) is 32.9 Å². The van der Waals surface area contributed by atoms with Gasteiger partial charge in [-0.1, -0.05) is 35.9 Å². The normalized spacial score (nSPS) is 11.3. The molecule has 0 aliphatic carbocycles. The van der Waals surface area contributed by atoms with Crippen molar-refractivity contribution in [3.05, 3.63) is 76.3 Å². The molecule has 0 spiro atoms. The SMILES string of the molecule is CC(C)(C)OC(=O)C=Cc1ccc(CC(=O)NCC(=O)c2ccc(Cl)cc2)cc1. The molecule has 152 valence electrons. The predicted molar refractivity (Wildman–Crippen MR) is 114 cm³/mol. The van der Waals surface area contributed by atoms with E-state index in [0.29, 0.717) is 10.6 Å². The molecule has 2 aromatic carbocycles. The number of esters is 1. The first kappa shape index (κ1) is 22.4. The first-order valence-electron chi connectivity index (χ1n) is 9.18. The molecule has 0 aliphatic heterocycles. The van der Waals surface area contributed by atoms with Crippen LogP contribution in [0.25, 0.3) is 6.08 Å². The second-order valence-corrected chi connectivity index (χ2v) is 7.93. The highest BCUT2D eigenvalue weighted by Gasteiger charge is 2.14. The Balaban J connectivity index is 1.82. The molecule has 0 saturated heterocycles. The zero-order valence-electron chi connectivity index (χ0n) is 16.7. The maximum Gasteiger partial charge on any atom is 0.331 e. The zero-order valence-corrected chi connectivity index (χ0v) is 17.5. The predicted octanol–water partition coefficient (Wildman–Crippen LogP) is 4.24. The molecule has 2 rings (SSSR count). The van der Waals surface area contributed by atoms with Crippen molar-refractivity contribution >= 4 is 35.3 Å². The fourth-order valence-corrected chi connectivity index (χ4v) is 2.54. The lowest BCUT2D eigenvalue weighted by molar-refractivity contribution is -0.148. The number of halogens is 1. The van der Waals surface area contributed by atoms with Crippen molar-refractivity contribution < 1.29 is 19.1 Å². The van der Waals surface area contributed by atoms with Crippen molar-refractivity contribution in [1.82, 2.24) is 5.32 Å². The van der Waals surface area contributed by atoms with Gasteiger partial charge in [-0.3, -0.25) is 9.59 Å². The van der Waals surface area contributed by atoms with Gasteiger partial charge in [0.05, 0.1) is 13.0 Å². The molecule has 1 amide bonds. The van der Waals surface area contributed by atoms with Gasteiger partial charge in [0.15, 0.2) is 5.78 Å². The van der Waals surface area contributed by atoms with Crippen LogP contribution in [0, 0.1) is 0 Å². The molecule has 0 radical (unpaired) electrons. The molecule has 0 unspecified atom stereocenters. The number of Topliss-reactive ketones (excluding diaryl/α,β-unsaturated/α-hetero) is 1. The van der Waals surface area contributed by atoms with E-state index in [1.165, 1.54) is 6.08 Å². The first-order valence-corrected chi connectivity index (χ1v) is 9.56. The number of carbonyl (C=O) groups is 3. The zero-order chi connectivity index (χ0) is 21.4. The van der Waals surface area contributed by atoms with Gasteiger partial charge in [-0.05, 0) is 62.2 Å². The highest BCUT2D eigenvalue weighted by atomic mass is 35.5. The van der Waals surface area contributed by atoms with Crippen LogP contribution in [-0.4, -0.2) is 29.8 Å². The average Bonchev–Trinajstić information content (AvgIpc) is 2.65. The van der Waals surface area contributed by atoms with Gasteiger partial charge in [-0.15, -0.1) is 0 Å². The smallest absolute Gasteiger partial charge is 0.331 e. The summed E-state index contributed by atoms with van der Waals surface area (Å²) in [6.07, 6.45) is 3.18. The van der Waals surface area contributed by atoms with Crippen LogP contribution in [0.3, 0.4) is 0 Å². The van der Waals surface area contributed by atoms with E-state index in [1.54, 1.807) is 42.5 Å². The number of hydrogen-bond acceptors (Lipinski definition) is 4. The number of nitrogens with one attached hydrogen (secondary N) is 1. The molecule has 0 fully saturated rings. The van der Waals surface area contributed by atoms with Crippen LogP contribution in [-0.2, 0) is 20.7 Å². The average molecular weight is 414 g/mol. The minimum absolute atomic E-state index is 0.0722.